The van der Waals surface area contributed by atoms with Crippen molar-refractivity contribution in [3.8, 4) is 24.7 Å². The first kappa shape index (κ1) is 22.8. The van der Waals surface area contributed by atoms with E-state index in [4.69, 9.17) is 17.6 Å². The molecule has 2 heterocycles. The van der Waals surface area contributed by atoms with Crippen LogP contribution in [0.2, 0.25) is 0 Å². The number of imidazole rings is 1. The van der Waals surface area contributed by atoms with Crippen LogP contribution in [0.25, 0.3) is 0 Å². The van der Waals surface area contributed by atoms with E-state index in [0.717, 1.165) is 33.6 Å². The molecule has 3 rings (SSSR count). The van der Waals surface area contributed by atoms with Crippen molar-refractivity contribution < 1.29 is 9.53 Å². The number of halogens is 1. The largest absolute Gasteiger partial charge is 0.444 e. The van der Waals surface area contributed by atoms with Crippen LogP contribution in [-0.4, -0.2) is 33.1 Å². The monoisotopic (exact) mass is 503 g/mol. The van der Waals surface area contributed by atoms with Gasteiger partial charge in [-0.25, -0.2) is 9.78 Å². The maximum Gasteiger partial charge on any atom is 0.410 e. The number of benzene rings is 1. The number of rotatable bonds is 1. The Morgan fingerprint density at radius 3 is 2.21 bits per heavy atom. The fraction of sp³-hybridized carbons (Fsp3) is 0.391. The van der Waals surface area contributed by atoms with E-state index in [-0.39, 0.29) is 12.1 Å². The van der Waals surface area contributed by atoms with Crippen LogP contribution in [0.1, 0.15) is 57.1 Å². The van der Waals surface area contributed by atoms with E-state index in [1.807, 2.05) is 45.0 Å². The minimum Gasteiger partial charge on any atom is -0.444 e. The van der Waals surface area contributed by atoms with Gasteiger partial charge in [-0.05, 0) is 80.0 Å². The zero-order chi connectivity index (χ0) is 21.6. The van der Waals surface area contributed by atoms with Crippen molar-refractivity contribution >= 4 is 28.7 Å². The average molecular weight is 503 g/mol. The molecule has 1 aliphatic rings. The molecule has 1 aliphatic heterocycles. The number of ether oxygens (including phenoxy) is 1. The topological polar surface area (TPSA) is 58.2 Å². The Hall–Kier alpha value is -2.45. The molecule has 1 aromatic carbocycles. The smallest absolute Gasteiger partial charge is 0.410 e. The summed E-state index contributed by atoms with van der Waals surface area (Å²) in [5.74, 6) is 6.32. The number of aromatic nitrogens is 2. The standard InChI is InChI=1S/C13H20IN3O2.C10H6/c1-8-5-9(11-15-6-10(14)16-11)17(7-8)12(18)19-13(2,3)4;1-3-9-5-7-10(4-2)8-6-9/h6,8-9H,5,7H2,1-4H3,(H,15,16);1-2,5-8H/t8-,9-;/m0./s1. The van der Waals surface area contributed by atoms with Gasteiger partial charge in [-0.15, -0.1) is 12.8 Å². The second kappa shape index (κ2) is 9.84. The Balaban J connectivity index is 0.000000253. The molecular weight excluding hydrogens is 477 g/mol. The van der Waals surface area contributed by atoms with Gasteiger partial charge in [0.15, 0.2) is 0 Å². The number of amides is 1. The zero-order valence-electron chi connectivity index (χ0n) is 17.2. The molecule has 0 bridgehead atoms. The van der Waals surface area contributed by atoms with Gasteiger partial charge in [0, 0.05) is 17.7 Å². The maximum atomic E-state index is 12.3. The Morgan fingerprint density at radius 2 is 1.79 bits per heavy atom. The lowest BCUT2D eigenvalue weighted by Gasteiger charge is -2.27. The zero-order valence-corrected chi connectivity index (χ0v) is 19.4. The molecule has 2 atom stereocenters. The van der Waals surface area contributed by atoms with E-state index in [1.54, 1.807) is 11.1 Å². The SMILES string of the molecule is C#Cc1ccc(C#C)cc1.C[C@H]1C[C@@H](c2ncc(I)[nH]2)N(C(=O)OC(C)(C)C)C1. The number of nitrogens with one attached hydrogen (secondary N) is 1. The molecule has 0 spiro atoms. The van der Waals surface area contributed by atoms with Crippen LogP contribution >= 0.6 is 22.6 Å². The molecule has 1 amide bonds. The van der Waals surface area contributed by atoms with Crippen LogP contribution < -0.4 is 0 Å². The van der Waals surface area contributed by atoms with Crippen molar-refractivity contribution in [2.75, 3.05) is 6.54 Å². The van der Waals surface area contributed by atoms with Gasteiger partial charge in [-0.2, -0.15) is 0 Å². The minimum absolute atomic E-state index is 0.00614. The highest BCUT2D eigenvalue weighted by atomic mass is 127. The molecule has 6 heteroatoms. The molecule has 1 fully saturated rings. The van der Waals surface area contributed by atoms with Gasteiger partial charge in [0.2, 0.25) is 0 Å². The number of hydrogen-bond donors (Lipinski definition) is 1. The number of nitrogens with zero attached hydrogens (tertiary/aromatic N) is 2. The summed E-state index contributed by atoms with van der Waals surface area (Å²) >= 11 is 2.19. The predicted molar refractivity (Wildman–Crippen MR) is 123 cm³/mol. The van der Waals surface area contributed by atoms with Crippen molar-refractivity contribution in [2.24, 2.45) is 5.92 Å². The van der Waals surface area contributed by atoms with Crippen LogP contribution in [0.15, 0.2) is 30.5 Å². The van der Waals surface area contributed by atoms with E-state index in [2.05, 4.69) is 51.3 Å². The highest BCUT2D eigenvalue weighted by Gasteiger charge is 2.38. The van der Waals surface area contributed by atoms with Crippen molar-refractivity contribution in [3.63, 3.8) is 0 Å². The Morgan fingerprint density at radius 1 is 1.24 bits per heavy atom. The normalized spacial score (nSPS) is 18.2. The van der Waals surface area contributed by atoms with Crippen molar-refractivity contribution in [2.45, 2.75) is 45.8 Å². The van der Waals surface area contributed by atoms with Crippen LogP contribution in [0.3, 0.4) is 0 Å². The van der Waals surface area contributed by atoms with E-state index >= 15 is 0 Å². The lowest BCUT2D eigenvalue weighted by atomic mass is 10.1. The summed E-state index contributed by atoms with van der Waals surface area (Å²) < 4.78 is 6.45. The molecular formula is C23H26IN3O2. The van der Waals surface area contributed by atoms with E-state index in [0.29, 0.717) is 5.92 Å². The minimum atomic E-state index is -0.467. The van der Waals surface area contributed by atoms with E-state index < -0.39 is 5.60 Å². The molecule has 0 aliphatic carbocycles. The molecule has 29 heavy (non-hydrogen) atoms. The Bertz CT molecular complexity index is 880. The number of hydrogen-bond acceptors (Lipinski definition) is 3. The summed E-state index contributed by atoms with van der Waals surface area (Å²) in [6, 6.07) is 7.31. The summed E-state index contributed by atoms with van der Waals surface area (Å²) in [5, 5.41) is 0. The van der Waals surface area contributed by atoms with Gasteiger partial charge in [0.1, 0.15) is 11.4 Å². The highest BCUT2D eigenvalue weighted by molar-refractivity contribution is 14.1. The predicted octanol–water partition coefficient (Wildman–Crippen LogP) is 4.98. The summed E-state index contributed by atoms with van der Waals surface area (Å²) in [7, 11) is 0. The van der Waals surface area contributed by atoms with Gasteiger partial charge in [0.05, 0.1) is 15.9 Å². The second-order valence-corrected chi connectivity index (χ2v) is 9.13. The summed E-state index contributed by atoms with van der Waals surface area (Å²) in [4.78, 5) is 21.6. The number of H-pyrrole nitrogens is 1. The average Bonchev–Trinajstić information content (AvgIpc) is 3.26. The fourth-order valence-electron chi connectivity index (χ4n) is 2.97. The first-order valence-corrected chi connectivity index (χ1v) is 10.4. The van der Waals surface area contributed by atoms with Gasteiger partial charge < -0.3 is 9.72 Å². The number of carbonyl (C=O) groups excluding carboxylic acids is 1. The molecule has 1 saturated heterocycles. The van der Waals surface area contributed by atoms with Gasteiger partial charge in [-0.3, -0.25) is 4.90 Å². The molecule has 152 valence electrons. The van der Waals surface area contributed by atoms with E-state index in [1.165, 1.54) is 0 Å². The fourth-order valence-corrected chi connectivity index (χ4v) is 3.39. The van der Waals surface area contributed by atoms with Gasteiger partial charge >= 0.3 is 6.09 Å². The number of likely N-dealkylation sites (tertiary alicyclic amines) is 1. The summed E-state index contributed by atoms with van der Waals surface area (Å²) in [6.45, 7) is 8.52. The molecule has 1 aromatic heterocycles. The Labute approximate surface area is 186 Å². The third kappa shape index (κ3) is 6.83. The summed E-state index contributed by atoms with van der Waals surface area (Å²) in [6.07, 6.45) is 12.7. The first-order chi connectivity index (χ1) is 13.6. The van der Waals surface area contributed by atoms with Crippen LogP contribution in [0.5, 0.6) is 0 Å². The van der Waals surface area contributed by atoms with Crippen molar-refractivity contribution in [1.29, 1.82) is 0 Å². The van der Waals surface area contributed by atoms with Crippen molar-refractivity contribution in [1.82, 2.24) is 14.9 Å². The van der Waals surface area contributed by atoms with Crippen LogP contribution in [0.4, 0.5) is 4.79 Å². The lowest BCUT2D eigenvalue weighted by molar-refractivity contribution is 0.0214. The highest BCUT2D eigenvalue weighted by Crippen LogP contribution is 2.34. The summed E-state index contributed by atoms with van der Waals surface area (Å²) in [5.41, 5.74) is 1.25. The number of terminal acetylenes is 2. The molecule has 0 saturated carbocycles. The quantitative estimate of drug-likeness (QED) is 0.441. The third-order valence-electron chi connectivity index (χ3n) is 4.24. The van der Waals surface area contributed by atoms with Crippen molar-refractivity contribution in [3.05, 3.63) is 51.1 Å². The first-order valence-electron chi connectivity index (χ1n) is 9.36. The van der Waals surface area contributed by atoms with Crippen LogP contribution in [0, 0.1) is 34.3 Å². The van der Waals surface area contributed by atoms with E-state index in [9.17, 15) is 4.79 Å². The number of aromatic amines is 1. The van der Waals surface area contributed by atoms with Gasteiger partial charge in [-0.1, -0.05) is 18.8 Å². The third-order valence-corrected chi connectivity index (χ3v) is 4.78. The maximum absolute atomic E-state index is 12.3. The Kier molecular flexibility index (Phi) is 7.75. The molecule has 1 N–H and O–H groups in total. The second-order valence-electron chi connectivity index (χ2n) is 7.97. The molecule has 2 aromatic rings. The lowest BCUT2D eigenvalue weighted by Crippen LogP contribution is -2.37. The van der Waals surface area contributed by atoms with Gasteiger partial charge in [0.25, 0.3) is 0 Å². The van der Waals surface area contributed by atoms with Crippen LogP contribution in [-0.2, 0) is 4.74 Å². The molecule has 0 radical (unpaired) electrons. The molecule has 5 nitrogen and oxygen atoms in total. The molecule has 0 unspecified atom stereocenters. The number of carbonyl (C=O) groups is 1.